The van der Waals surface area contributed by atoms with Crippen molar-refractivity contribution in [3.63, 3.8) is 0 Å². The first-order valence-electron chi connectivity index (χ1n) is 6.89. The van der Waals surface area contributed by atoms with Gasteiger partial charge < -0.3 is 11.1 Å². The molecule has 0 spiro atoms. The number of aryl methyl sites for hydroxylation is 1. The van der Waals surface area contributed by atoms with Crippen molar-refractivity contribution in [2.75, 3.05) is 22.6 Å². The molecule has 1 fully saturated rings. The van der Waals surface area contributed by atoms with Crippen LogP contribution in [0.25, 0.3) is 0 Å². The first-order valence-corrected chi connectivity index (χ1v) is 8.04. The molecule has 1 aliphatic carbocycles. The number of nitrogens with two attached hydrogens (primary N) is 1. The molecule has 3 nitrogen and oxygen atoms in total. The van der Waals surface area contributed by atoms with Gasteiger partial charge in [-0.3, -0.25) is 4.79 Å². The molecule has 104 valence electrons. The maximum absolute atomic E-state index is 11.8. The van der Waals surface area contributed by atoms with E-state index in [-0.39, 0.29) is 5.91 Å². The van der Waals surface area contributed by atoms with Gasteiger partial charge in [0, 0.05) is 11.4 Å². The van der Waals surface area contributed by atoms with Crippen LogP contribution in [0.5, 0.6) is 0 Å². The van der Waals surface area contributed by atoms with Crippen LogP contribution in [-0.2, 0) is 4.79 Å². The Morgan fingerprint density at radius 3 is 2.84 bits per heavy atom. The van der Waals surface area contributed by atoms with Crippen LogP contribution in [0.15, 0.2) is 18.2 Å². The fraction of sp³-hybridized carbons (Fsp3) is 0.533. The Bertz CT molecular complexity index is 442. The lowest BCUT2D eigenvalue weighted by molar-refractivity contribution is -0.113. The van der Waals surface area contributed by atoms with E-state index in [1.807, 2.05) is 25.1 Å². The molecule has 0 aliphatic heterocycles. The highest BCUT2D eigenvalue weighted by molar-refractivity contribution is 7.99. The third-order valence-electron chi connectivity index (χ3n) is 3.62. The van der Waals surface area contributed by atoms with Crippen molar-refractivity contribution in [3.8, 4) is 0 Å². The molecule has 0 saturated heterocycles. The molecule has 0 aromatic heterocycles. The predicted octanol–water partition coefficient (Wildman–Crippen LogP) is 3.44. The normalized spacial score (nSPS) is 15.6. The summed E-state index contributed by atoms with van der Waals surface area (Å²) in [6.07, 6.45) is 5.40. The summed E-state index contributed by atoms with van der Waals surface area (Å²) in [4.78, 5) is 11.8. The molecule has 0 radical (unpaired) electrons. The first kappa shape index (κ1) is 14.3. The Labute approximate surface area is 119 Å². The lowest BCUT2D eigenvalue weighted by atomic mass is 10.1. The van der Waals surface area contributed by atoms with Crippen molar-refractivity contribution in [2.45, 2.75) is 32.6 Å². The van der Waals surface area contributed by atoms with Gasteiger partial charge in [0.05, 0.1) is 5.75 Å². The van der Waals surface area contributed by atoms with Gasteiger partial charge in [0.25, 0.3) is 0 Å². The molecule has 1 amide bonds. The topological polar surface area (TPSA) is 55.1 Å². The highest BCUT2D eigenvalue weighted by Crippen LogP contribution is 2.27. The van der Waals surface area contributed by atoms with Crippen LogP contribution < -0.4 is 11.1 Å². The zero-order chi connectivity index (χ0) is 13.7. The smallest absolute Gasteiger partial charge is 0.234 e. The standard InChI is InChI=1S/C15H22N2OS/c1-11-6-7-13(8-14(11)16)17-15(18)10-19-9-12-4-2-3-5-12/h6-8,12H,2-5,9-10,16H2,1H3,(H,17,18). The van der Waals surface area contributed by atoms with Crippen molar-refractivity contribution < 1.29 is 4.79 Å². The summed E-state index contributed by atoms with van der Waals surface area (Å²) in [6, 6.07) is 5.64. The molecule has 1 saturated carbocycles. The van der Waals surface area contributed by atoms with Gasteiger partial charge in [0.15, 0.2) is 0 Å². The van der Waals surface area contributed by atoms with E-state index < -0.39 is 0 Å². The number of amides is 1. The molecular formula is C15H22N2OS. The van der Waals surface area contributed by atoms with Crippen molar-refractivity contribution in [3.05, 3.63) is 23.8 Å². The average Bonchev–Trinajstić information content (AvgIpc) is 2.87. The van der Waals surface area contributed by atoms with Crippen molar-refractivity contribution in [1.82, 2.24) is 0 Å². The number of carbonyl (C=O) groups is 1. The van der Waals surface area contributed by atoms with Crippen molar-refractivity contribution in [1.29, 1.82) is 0 Å². The van der Waals surface area contributed by atoms with Gasteiger partial charge >= 0.3 is 0 Å². The number of benzene rings is 1. The number of nitrogens with one attached hydrogen (secondary N) is 1. The SMILES string of the molecule is Cc1ccc(NC(=O)CSCC2CCCC2)cc1N. The summed E-state index contributed by atoms with van der Waals surface area (Å²) in [5.74, 6) is 2.53. The van der Waals surface area contributed by atoms with Crippen LogP contribution in [0.3, 0.4) is 0 Å². The second-order valence-corrected chi connectivity index (χ2v) is 6.32. The van der Waals surface area contributed by atoms with Crippen LogP contribution in [0.1, 0.15) is 31.2 Å². The minimum atomic E-state index is 0.0613. The van der Waals surface area contributed by atoms with Gasteiger partial charge in [-0.1, -0.05) is 18.9 Å². The molecule has 4 heteroatoms. The minimum Gasteiger partial charge on any atom is -0.398 e. The third kappa shape index (κ3) is 4.46. The average molecular weight is 278 g/mol. The van der Waals surface area contributed by atoms with E-state index >= 15 is 0 Å². The fourth-order valence-electron chi connectivity index (χ4n) is 2.41. The predicted molar refractivity (Wildman–Crippen MR) is 83.5 cm³/mol. The molecule has 1 aliphatic rings. The van der Waals surface area contributed by atoms with Crippen molar-refractivity contribution >= 4 is 29.0 Å². The van der Waals surface area contributed by atoms with Crippen LogP contribution >= 0.6 is 11.8 Å². The summed E-state index contributed by atoms with van der Waals surface area (Å²) in [6.45, 7) is 1.96. The van der Waals surface area contributed by atoms with Gasteiger partial charge in [0.2, 0.25) is 5.91 Å². The van der Waals surface area contributed by atoms with E-state index in [1.165, 1.54) is 25.7 Å². The van der Waals surface area contributed by atoms with Gasteiger partial charge in [-0.25, -0.2) is 0 Å². The summed E-state index contributed by atoms with van der Waals surface area (Å²) >= 11 is 1.74. The number of anilines is 2. The lowest BCUT2D eigenvalue weighted by Crippen LogP contribution is -2.15. The molecule has 0 unspecified atom stereocenters. The van der Waals surface area contributed by atoms with E-state index in [1.54, 1.807) is 11.8 Å². The molecule has 3 N–H and O–H groups in total. The Kier molecular flexibility index (Phi) is 5.14. The molecule has 1 aromatic rings. The molecule has 2 rings (SSSR count). The Morgan fingerprint density at radius 1 is 1.42 bits per heavy atom. The largest absolute Gasteiger partial charge is 0.398 e. The molecule has 19 heavy (non-hydrogen) atoms. The number of rotatable bonds is 5. The van der Waals surface area contributed by atoms with E-state index in [9.17, 15) is 4.79 Å². The second kappa shape index (κ2) is 6.85. The van der Waals surface area contributed by atoms with E-state index in [4.69, 9.17) is 5.73 Å². The highest BCUT2D eigenvalue weighted by atomic mass is 32.2. The lowest BCUT2D eigenvalue weighted by Gasteiger charge is -2.09. The molecule has 0 bridgehead atoms. The molecule has 0 atom stereocenters. The van der Waals surface area contributed by atoms with Crippen LogP contribution in [0.2, 0.25) is 0 Å². The van der Waals surface area contributed by atoms with Crippen LogP contribution in [-0.4, -0.2) is 17.4 Å². The summed E-state index contributed by atoms with van der Waals surface area (Å²) in [7, 11) is 0. The number of carbonyl (C=O) groups excluding carboxylic acids is 1. The van der Waals surface area contributed by atoms with Crippen LogP contribution in [0, 0.1) is 12.8 Å². The maximum atomic E-state index is 11.8. The first-order chi connectivity index (χ1) is 9.15. The van der Waals surface area contributed by atoms with Gasteiger partial charge in [-0.15, -0.1) is 0 Å². The second-order valence-electron chi connectivity index (χ2n) is 5.29. The molecule has 1 aromatic carbocycles. The Hall–Kier alpha value is -1.16. The van der Waals surface area contributed by atoms with Crippen LogP contribution in [0.4, 0.5) is 11.4 Å². The minimum absolute atomic E-state index is 0.0613. The van der Waals surface area contributed by atoms with E-state index in [2.05, 4.69) is 5.32 Å². The van der Waals surface area contributed by atoms with Gasteiger partial charge in [-0.2, -0.15) is 11.8 Å². The van der Waals surface area contributed by atoms with Gasteiger partial charge in [-0.05, 0) is 49.1 Å². The Morgan fingerprint density at radius 2 is 2.16 bits per heavy atom. The Balaban J connectivity index is 1.72. The van der Waals surface area contributed by atoms with Gasteiger partial charge in [0.1, 0.15) is 0 Å². The molecule has 0 heterocycles. The third-order valence-corrected chi connectivity index (χ3v) is 4.80. The maximum Gasteiger partial charge on any atom is 0.234 e. The number of hydrogen-bond acceptors (Lipinski definition) is 3. The van der Waals surface area contributed by atoms with E-state index in [0.717, 1.165) is 28.6 Å². The zero-order valence-electron chi connectivity index (χ0n) is 11.4. The monoisotopic (exact) mass is 278 g/mol. The number of hydrogen-bond donors (Lipinski definition) is 2. The number of thioether (sulfide) groups is 1. The summed E-state index contributed by atoms with van der Waals surface area (Å²) in [5.41, 5.74) is 8.36. The van der Waals surface area contributed by atoms with E-state index in [0.29, 0.717) is 5.75 Å². The fourth-order valence-corrected chi connectivity index (χ4v) is 3.45. The highest BCUT2D eigenvalue weighted by Gasteiger charge is 2.15. The summed E-state index contributed by atoms with van der Waals surface area (Å²) in [5, 5.41) is 2.90. The molecular weight excluding hydrogens is 256 g/mol. The van der Waals surface area contributed by atoms with Crippen molar-refractivity contribution in [2.24, 2.45) is 5.92 Å². The number of nitrogen functional groups attached to an aromatic ring is 1. The summed E-state index contributed by atoms with van der Waals surface area (Å²) < 4.78 is 0. The zero-order valence-corrected chi connectivity index (χ0v) is 12.3. The quantitative estimate of drug-likeness (QED) is 0.811.